The van der Waals surface area contributed by atoms with Crippen molar-refractivity contribution in [3.05, 3.63) is 53.5 Å². The molecule has 0 fully saturated rings. The first-order valence-corrected chi connectivity index (χ1v) is 6.83. The maximum Gasteiger partial charge on any atom is 0.372 e. The van der Waals surface area contributed by atoms with Crippen LogP contribution in [0.1, 0.15) is 41.4 Å². The van der Waals surface area contributed by atoms with Gasteiger partial charge in [-0.2, -0.15) is 0 Å². The molecule has 106 valence electrons. The topological polar surface area (TPSA) is 62.5 Å². The molecule has 0 bridgehead atoms. The van der Waals surface area contributed by atoms with Crippen LogP contribution in [0.4, 0.5) is 5.69 Å². The molecule has 0 radical (unpaired) electrons. The summed E-state index contributed by atoms with van der Waals surface area (Å²) >= 11 is 0. The van der Waals surface area contributed by atoms with E-state index in [0.717, 1.165) is 12.1 Å². The lowest BCUT2D eigenvalue weighted by Crippen LogP contribution is -2.04. The number of anilines is 1. The van der Waals surface area contributed by atoms with Gasteiger partial charge in [-0.05, 0) is 36.6 Å². The minimum absolute atomic E-state index is 0.00272. The van der Waals surface area contributed by atoms with Crippen LogP contribution in [0, 0.1) is 0 Å². The van der Waals surface area contributed by atoms with Crippen molar-refractivity contribution in [1.29, 1.82) is 0 Å². The number of rotatable bonds is 7. The van der Waals surface area contributed by atoms with Crippen LogP contribution in [0.15, 0.2) is 41.0 Å². The number of unbranched alkanes of at least 4 members (excludes halogenated alkanes) is 1. The molecule has 1 aromatic carbocycles. The van der Waals surface area contributed by atoms with Crippen molar-refractivity contribution in [2.45, 2.75) is 32.7 Å². The number of carboxylic acid groups (broad SMARTS) is 1. The van der Waals surface area contributed by atoms with E-state index < -0.39 is 5.97 Å². The minimum atomic E-state index is -1.04. The van der Waals surface area contributed by atoms with Crippen molar-refractivity contribution < 1.29 is 14.3 Å². The molecule has 0 spiro atoms. The van der Waals surface area contributed by atoms with E-state index in [1.54, 1.807) is 6.07 Å². The maximum atomic E-state index is 10.9. The highest BCUT2D eigenvalue weighted by atomic mass is 16.4. The zero-order chi connectivity index (χ0) is 14.4. The summed E-state index contributed by atoms with van der Waals surface area (Å²) in [7, 11) is 0. The van der Waals surface area contributed by atoms with E-state index in [2.05, 4.69) is 24.4 Å². The molecule has 2 N–H and O–H groups in total. The second kappa shape index (κ2) is 6.80. The normalized spacial score (nSPS) is 10.4. The predicted octanol–water partition coefficient (Wildman–Crippen LogP) is 3.93. The Morgan fingerprint density at radius 3 is 2.65 bits per heavy atom. The second-order valence-corrected chi connectivity index (χ2v) is 4.73. The Morgan fingerprint density at radius 1 is 1.25 bits per heavy atom. The number of aryl methyl sites for hydroxylation is 1. The van der Waals surface area contributed by atoms with Gasteiger partial charge in [-0.1, -0.05) is 25.5 Å². The van der Waals surface area contributed by atoms with Crippen molar-refractivity contribution in [3.8, 4) is 0 Å². The van der Waals surface area contributed by atoms with Gasteiger partial charge in [-0.25, -0.2) is 4.79 Å². The fourth-order valence-corrected chi connectivity index (χ4v) is 2.03. The highest BCUT2D eigenvalue weighted by molar-refractivity contribution is 5.86. The first kappa shape index (κ1) is 14.2. The van der Waals surface area contributed by atoms with Crippen molar-refractivity contribution in [1.82, 2.24) is 0 Å². The van der Waals surface area contributed by atoms with Crippen molar-refractivity contribution >= 4 is 11.7 Å². The summed E-state index contributed by atoms with van der Waals surface area (Å²) in [5.74, 6) is -1.04. The number of hydrogen-bond donors (Lipinski definition) is 2. The number of benzene rings is 1. The average Bonchev–Trinajstić information content (AvgIpc) is 2.92. The molecule has 0 aliphatic heterocycles. The summed E-state index contributed by atoms with van der Waals surface area (Å²) < 4.78 is 4.94. The standard InChI is InChI=1S/C16H19NO3/c1-2-3-4-12-5-7-14(8-6-12)17-11-13-9-10-20-15(13)16(18)19/h5-10,17H,2-4,11H2,1H3,(H,18,19). The molecule has 4 heteroatoms. The molecule has 20 heavy (non-hydrogen) atoms. The van der Waals surface area contributed by atoms with Gasteiger partial charge in [-0.3, -0.25) is 0 Å². The molecule has 2 rings (SSSR count). The molecule has 4 nitrogen and oxygen atoms in total. The van der Waals surface area contributed by atoms with Gasteiger partial charge in [0, 0.05) is 17.8 Å². The van der Waals surface area contributed by atoms with Crippen LogP contribution in [-0.2, 0) is 13.0 Å². The van der Waals surface area contributed by atoms with Gasteiger partial charge < -0.3 is 14.8 Å². The molecule has 0 aliphatic carbocycles. The first-order chi connectivity index (χ1) is 9.70. The van der Waals surface area contributed by atoms with Gasteiger partial charge in [0.05, 0.1) is 6.26 Å². The van der Waals surface area contributed by atoms with Crippen LogP contribution >= 0.6 is 0 Å². The molecule has 1 heterocycles. The van der Waals surface area contributed by atoms with Gasteiger partial charge >= 0.3 is 5.97 Å². The highest BCUT2D eigenvalue weighted by Crippen LogP contribution is 2.15. The SMILES string of the molecule is CCCCc1ccc(NCc2ccoc2C(=O)O)cc1. The fourth-order valence-electron chi connectivity index (χ4n) is 2.03. The lowest BCUT2D eigenvalue weighted by molar-refractivity contribution is 0.0661. The van der Waals surface area contributed by atoms with Crippen LogP contribution in [0.3, 0.4) is 0 Å². The van der Waals surface area contributed by atoms with Gasteiger partial charge in [-0.15, -0.1) is 0 Å². The molecular weight excluding hydrogens is 254 g/mol. The summed E-state index contributed by atoms with van der Waals surface area (Å²) in [5.41, 5.74) is 2.95. The molecule has 0 saturated carbocycles. The van der Waals surface area contributed by atoms with Crippen LogP contribution in [-0.4, -0.2) is 11.1 Å². The quantitative estimate of drug-likeness (QED) is 0.802. The van der Waals surface area contributed by atoms with Crippen molar-refractivity contribution in [2.24, 2.45) is 0 Å². The largest absolute Gasteiger partial charge is 0.475 e. The van der Waals surface area contributed by atoms with E-state index in [1.165, 1.54) is 24.7 Å². The number of carboxylic acids is 1. The smallest absolute Gasteiger partial charge is 0.372 e. The maximum absolute atomic E-state index is 10.9. The van der Waals surface area contributed by atoms with E-state index in [1.807, 2.05) is 12.1 Å². The molecule has 1 aromatic heterocycles. The van der Waals surface area contributed by atoms with Crippen LogP contribution in [0.25, 0.3) is 0 Å². The molecule has 0 amide bonds. The second-order valence-electron chi connectivity index (χ2n) is 4.73. The third-order valence-electron chi connectivity index (χ3n) is 3.20. The third-order valence-corrected chi connectivity index (χ3v) is 3.20. The molecular formula is C16H19NO3. The predicted molar refractivity (Wildman–Crippen MR) is 78.0 cm³/mol. The summed E-state index contributed by atoms with van der Waals surface area (Å²) in [6.07, 6.45) is 4.89. The van der Waals surface area contributed by atoms with Crippen LogP contribution < -0.4 is 5.32 Å². The number of aromatic carboxylic acids is 1. The Labute approximate surface area is 118 Å². The Balaban J connectivity index is 1.93. The summed E-state index contributed by atoms with van der Waals surface area (Å²) in [6.45, 7) is 2.62. The van der Waals surface area contributed by atoms with E-state index in [9.17, 15) is 4.79 Å². The number of nitrogens with one attached hydrogen (secondary N) is 1. The highest BCUT2D eigenvalue weighted by Gasteiger charge is 2.13. The van der Waals surface area contributed by atoms with Gasteiger partial charge in [0.15, 0.2) is 0 Å². The molecule has 0 unspecified atom stereocenters. The van der Waals surface area contributed by atoms with Crippen molar-refractivity contribution in [3.63, 3.8) is 0 Å². The van der Waals surface area contributed by atoms with Crippen molar-refractivity contribution in [2.75, 3.05) is 5.32 Å². The van der Waals surface area contributed by atoms with E-state index in [0.29, 0.717) is 12.1 Å². The fraction of sp³-hybridized carbons (Fsp3) is 0.312. The Bertz CT molecular complexity index is 557. The number of furan rings is 1. The monoisotopic (exact) mass is 273 g/mol. The zero-order valence-corrected chi connectivity index (χ0v) is 11.6. The Hall–Kier alpha value is -2.23. The summed E-state index contributed by atoms with van der Waals surface area (Å²) in [4.78, 5) is 10.9. The molecule has 0 saturated heterocycles. The third kappa shape index (κ3) is 3.63. The first-order valence-electron chi connectivity index (χ1n) is 6.83. The Kier molecular flexibility index (Phi) is 4.82. The molecule has 0 atom stereocenters. The van der Waals surface area contributed by atoms with Crippen LogP contribution in [0.5, 0.6) is 0 Å². The van der Waals surface area contributed by atoms with Gasteiger partial charge in [0.1, 0.15) is 0 Å². The lowest BCUT2D eigenvalue weighted by Gasteiger charge is -2.07. The van der Waals surface area contributed by atoms with E-state index >= 15 is 0 Å². The molecule has 2 aromatic rings. The van der Waals surface area contributed by atoms with E-state index in [-0.39, 0.29) is 5.76 Å². The average molecular weight is 273 g/mol. The summed E-state index contributed by atoms with van der Waals surface area (Å²) in [5, 5.41) is 12.2. The summed E-state index contributed by atoms with van der Waals surface area (Å²) in [6, 6.07) is 9.92. The van der Waals surface area contributed by atoms with Gasteiger partial charge in [0.25, 0.3) is 0 Å². The minimum Gasteiger partial charge on any atom is -0.475 e. The number of carbonyl (C=O) groups is 1. The number of hydrogen-bond acceptors (Lipinski definition) is 3. The van der Waals surface area contributed by atoms with Crippen LogP contribution in [0.2, 0.25) is 0 Å². The zero-order valence-electron chi connectivity index (χ0n) is 11.6. The Morgan fingerprint density at radius 2 is 2.00 bits per heavy atom. The van der Waals surface area contributed by atoms with Gasteiger partial charge in [0.2, 0.25) is 5.76 Å². The van der Waals surface area contributed by atoms with E-state index in [4.69, 9.17) is 9.52 Å². The lowest BCUT2D eigenvalue weighted by atomic mass is 10.1. The molecule has 0 aliphatic rings.